The van der Waals surface area contributed by atoms with Gasteiger partial charge < -0.3 is 5.32 Å². The van der Waals surface area contributed by atoms with Crippen LogP contribution in [0, 0.1) is 6.92 Å². The number of hydrogen-bond donors (Lipinski definition) is 1. The minimum absolute atomic E-state index is 0.0559. The number of nitrogens with one attached hydrogen (secondary N) is 1. The van der Waals surface area contributed by atoms with Crippen LogP contribution in [0.1, 0.15) is 51.5 Å². The Kier molecular flexibility index (Phi) is 8.29. The highest BCUT2D eigenvalue weighted by atomic mass is 35.5. The predicted octanol–water partition coefficient (Wildman–Crippen LogP) is 8.20. The molecule has 178 valence electrons. The number of alkyl halides is 3. The Morgan fingerprint density at radius 2 is 1.68 bits per heavy atom. The van der Waals surface area contributed by atoms with E-state index in [0.717, 1.165) is 11.6 Å². The van der Waals surface area contributed by atoms with E-state index in [1.165, 1.54) is 24.3 Å². The lowest BCUT2D eigenvalue weighted by Crippen LogP contribution is -2.27. The fourth-order valence-corrected chi connectivity index (χ4v) is 4.07. The number of carbonyl (C=O) groups excluding carboxylic acids is 1. The third-order valence-corrected chi connectivity index (χ3v) is 5.83. The lowest BCUT2D eigenvalue weighted by Gasteiger charge is -2.18. The Balaban J connectivity index is 1.79. The van der Waals surface area contributed by atoms with Crippen LogP contribution in [0.3, 0.4) is 0 Å². The summed E-state index contributed by atoms with van der Waals surface area (Å²) >= 11 is 17.6. The van der Waals surface area contributed by atoms with Gasteiger partial charge in [0.05, 0.1) is 12.0 Å². The first-order valence-corrected chi connectivity index (χ1v) is 11.3. The van der Waals surface area contributed by atoms with Crippen LogP contribution in [0.2, 0.25) is 15.2 Å². The number of carbonyl (C=O) groups is 1. The minimum atomic E-state index is -4.54. The van der Waals surface area contributed by atoms with Crippen molar-refractivity contribution in [3.8, 4) is 0 Å². The summed E-state index contributed by atoms with van der Waals surface area (Å²) in [6.07, 6.45) is -0.542. The molecule has 3 aromatic rings. The first-order chi connectivity index (χ1) is 15.9. The molecule has 0 fully saturated rings. The van der Waals surface area contributed by atoms with Gasteiger partial charge in [0.2, 0.25) is 0 Å². The highest BCUT2D eigenvalue weighted by Crippen LogP contribution is 2.38. The van der Waals surface area contributed by atoms with Gasteiger partial charge in [0.1, 0.15) is 5.15 Å². The van der Waals surface area contributed by atoms with Crippen molar-refractivity contribution < 1.29 is 18.0 Å². The second-order valence-electron chi connectivity index (χ2n) is 7.76. The van der Waals surface area contributed by atoms with Crippen molar-refractivity contribution in [1.29, 1.82) is 0 Å². The molecule has 34 heavy (non-hydrogen) atoms. The number of nitrogens with zero attached hydrogens (tertiary/aromatic N) is 1. The molecular formula is C25H20Cl3F3N2O. The van der Waals surface area contributed by atoms with Crippen molar-refractivity contribution in [3.05, 3.63) is 104 Å². The van der Waals surface area contributed by atoms with E-state index in [0.29, 0.717) is 21.8 Å². The molecule has 1 heterocycles. The topological polar surface area (TPSA) is 42.0 Å². The molecule has 2 aromatic carbocycles. The summed E-state index contributed by atoms with van der Waals surface area (Å²) in [6.45, 7) is 3.54. The molecule has 0 aliphatic carbocycles. The molecule has 1 N–H and O–H groups in total. The lowest BCUT2D eigenvalue weighted by atomic mass is 9.96. The van der Waals surface area contributed by atoms with Gasteiger partial charge in [-0.1, -0.05) is 65.2 Å². The second kappa shape index (κ2) is 10.8. The van der Waals surface area contributed by atoms with Crippen molar-refractivity contribution >= 4 is 46.8 Å². The van der Waals surface area contributed by atoms with Crippen molar-refractivity contribution in [2.24, 2.45) is 0 Å². The van der Waals surface area contributed by atoms with Gasteiger partial charge in [0.25, 0.3) is 5.91 Å². The van der Waals surface area contributed by atoms with Gasteiger partial charge in [-0.3, -0.25) is 4.79 Å². The summed E-state index contributed by atoms with van der Waals surface area (Å²) in [5.74, 6) is -2.20. The third-order valence-electron chi connectivity index (χ3n) is 5.17. The lowest BCUT2D eigenvalue weighted by molar-refractivity contribution is -0.139. The smallest absolute Gasteiger partial charge is 0.345 e. The summed E-state index contributed by atoms with van der Waals surface area (Å²) in [6, 6.07) is 11.8. The molecule has 2 unspecified atom stereocenters. The number of benzene rings is 2. The SMILES string of the molecule is Cc1cc(C=CC(c2cc(Cl)cc(Cl)c2)C(F)(F)F)ccc1C(=O)NC(C)c1ccc(Cl)nc1. The molecule has 1 amide bonds. The van der Waals surface area contributed by atoms with Crippen LogP contribution in [0.4, 0.5) is 13.2 Å². The largest absolute Gasteiger partial charge is 0.399 e. The summed E-state index contributed by atoms with van der Waals surface area (Å²) in [4.78, 5) is 16.7. The number of aryl methyl sites for hydroxylation is 1. The van der Waals surface area contributed by atoms with E-state index in [1.54, 1.807) is 43.5 Å². The number of aromatic nitrogens is 1. The summed E-state index contributed by atoms with van der Waals surface area (Å²) in [5, 5.41) is 3.49. The van der Waals surface area contributed by atoms with Gasteiger partial charge in [-0.05, 0) is 66.4 Å². The number of pyridine rings is 1. The Morgan fingerprint density at radius 1 is 1.00 bits per heavy atom. The fourth-order valence-electron chi connectivity index (χ4n) is 3.42. The van der Waals surface area contributed by atoms with E-state index in [1.807, 2.05) is 6.92 Å². The van der Waals surface area contributed by atoms with E-state index in [9.17, 15) is 18.0 Å². The van der Waals surface area contributed by atoms with Crippen molar-refractivity contribution in [3.63, 3.8) is 0 Å². The van der Waals surface area contributed by atoms with E-state index in [-0.39, 0.29) is 27.6 Å². The molecule has 0 aliphatic heterocycles. The van der Waals surface area contributed by atoms with Crippen LogP contribution in [-0.4, -0.2) is 17.1 Å². The Hall–Kier alpha value is -2.54. The molecule has 0 saturated heterocycles. The predicted molar refractivity (Wildman–Crippen MR) is 131 cm³/mol. The molecule has 1 aromatic heterocycles. The van der Waals surface area contributed by atoms with Gasteiger partial charge in [0, 0.05) is 21.8 Å². The number of allylic oxidation sites excluding steroid dienone is 1. The Bertz CT molecular complexity index is 1190. The van der Waals surface area contributed by atoms with Gasteiger partial charge in [-0.15, -0.1) is 0 Å². The normalized spacial score (nSPS) is 13.6. The molecule has 0 spiro atoms. The van der Waals surface area contributed by atoms with Gasteiger partial charge in [0.15, 0.2) is 0 Å². The molecule has 0 radical (unpaired) electrons. The van der Waals surface area contributed by atoms with E-state index in [2.05, 4.69) is 10.3 Å². The van der Waals surface area contributed by atoms with Crippen LogP contribution in [0.25, 0.3) is 6.08 Å². The molecule has 9 heteroatoms. The Labute approximate surface area is 210 Å². The molecule has 2 atom stereocenters. The van der Waals surface area contributed by atoms with Gasteiger partial charge in [-0.25, -0.2) is 4.98 Å². The zero-order chi connectivity index (χ0) is 25.0. The average molecular weight is 528 g/mol. The van der Waals surface area contributed by atoms with Crippen LogP contribution in [0.5, 0.6) is 0 Å². The molecule has 0 aliphatic rings. The van der Waals surface area contributed by atoms with E-state index >= 15 is 0 Å². The second-order valence-corrected chi connectivity index (χ2v) is 9.03. The summed E-state index contributed by atoms with van der Waals surface area (Å²) in [5.41, 5.74) is 2.29. The number of rotatable bonds is 6. The van der Waals surface area contributed by atoms with Gasteiger partial charge in [-0.2, -0.15) is 13.2 Å². The summed E-state index contributed by atoms with van der Waals surface area (Å²) in [7, 11) is 0. The standard InChI is InChI=1S/C25H20Cl3F3N2O/c1-14-9-16(4-7-22(25(29,30)31)18-10-19(26)12-20(27)11-18)3-6-21(14)24(34)33-15(2)17-5-8-23(28)32-13-17/h3-13,15,22H,1-2H3,(H,33,34). The Morgan fingerprint density at radius 3 is 2.24 bits per heavy atom. The highest BCUT2D eigenvalue weighted by molar-refractivity contribution is 6.34. The zero-order valence-electron chi connectivity index (χ0n) is 18.1. The van der Waals surface area contributed by atoms with E-state index in [4.69, 9.17) is 34.8 Å². The van der Waals surface area contributed by atoms with Gasteiger partial charge >= 0.3 is 6.18 Å². The molecule has 3 nitrogen and oxygen atoms in total. The number of amides is 1. The van der Waals surface area contributed by atoms with Crippen LogP contribution in [-0.2, 0) is 0 Å². The maximum absolute atomic E-state index is 13.7. The minimum Gasteiger partial charge on any atom is -0.345 e. The third kappa shape index (κ3) is 6.75. The molecule has 0 saturated carbocycles. The molecule has 0 bridgehead atoms. The first kappa shape index (κ1) is 26.1. The average Bonchev–Trinajstić information content (AvgIpc) is 2.72. The first-order valence-electron chi connectivity index (χ1n) is 10.2. The zero-order valence-corrected chi connectivity index (χ0v) is 20.4. The summed E-state index contributed by atoms with van der Waals surface area (Å²) < 4.78 is 41.1. The number of halogens is 6. The highest BCUT2D eigenvalue weighted by Gasteiger charge is 2.39. The molecular weight excluding hydrogens is 508 g/mol. The monoisotopic (exact) mass is 526 g/mol. The maximum atomic E-state index is 13.7. The molecule has 3 rings (SSSR count). The fraction of sp³-hybridized carbons (Fsp3) is 0.200. The van der Waals surface area contributed by atoms with Crippen LogP contribution >= 0.6 is 34.8 Å². The van der Waals surface area contributed by atoms with Crippen molar-refractivity contribution in [2.45, 2.75) is 32.0 Å². The van der Waals surface area contributed by atoms with Crippen molar-refractivity contribution in [2.75, 3.05) is 0 Å². The quantitative estimate of drug-likeness (QED) is 0.328. The maximum Gasteiger partial charge on any atom is 0.399 e. The van der Waals surface area contributed by atoms with Crippen LogP contribution < -0.4 is 5.32 Å². The van der Waals surface area contributed by atoms with E-state index < -0.39 is 12.1 Å². The van der Waals surface area contributed by atoms with Crippen LogP contribution in [0.15, 0.2) is 60.8 Å². The van der Waals surface area contributed by atoms with Crippen molar-refractivity contribution in [1.82, 2.24) is 10.3 Å². The number of hydrogen-bond acceptors (Lipinski definition) is 2.